The lowest BCUT2D eigenvalue weighted by Crippen LogP contribution is -2.28. The molecular weight excluding hydrogens is 618 g/mol. The second kappa shape index (κ2) is 12.4. The summed E-state index contributed by atoms with van der Waals surface area (Å²) < 4.78 is 0. The predicted octanol–water partition coefficient (Wildman–Crippen LogP) is 9.31. The number of hydrogen-bond acceptors (Lipinski definition) is 2. The molecule has 0 spiro atoms. The Morgan fingerprint density at radius 3 is 1.04 bits per heavy atom. The molecule has 8 aromatic carbocycles. The largest absolute Gasteiger partial charge is 0.354 e. The Morgan fingerprint density at radius 2 is 0.604 bits per heavy atom. The van der Waals surface area contributed by atoms with Crippen molar-refractivity contribution in [2.24, 2.45) is 0 Å². The first-order valence-corrected chi connectivity index (χ1v) is 19.0. The van der Waals surface area contributed by atoms with Gasteiger partial charge in [-0.25, -0.2) is 0 Å². The van der Waals surface area contributed by atoms with Crippen LogP contribution in [0.2, 0.25) is 0 Å². The highest BCUT2D eigenvalue weighted by Gasteiger charge is 2.28. The van der Waals surface area contributed by atoms with Crippen LogP contribution in [0.3, 0.4) is 0 Å². The highest BCUT2D eigenvalue weighted by Crippen LogP contribution is 2.45. The van der Waals surface area contributed by atoms with Crippen LogP contribution in [0.4, 0.5) is 22.7 Å². The van der Waals surface area contributed by atoms with Crippen LogP contribution in [0, 0.1) is 0 Å². The molecule has 9 rings (SSSR count). The molecule has 1 aliphatic heterocycles. The molecule has 1 heterocycles. The number of para-hydroxylation sites is 2. The van der Waals surface area contributed by atoms with Crippen LogP contribution in [-0.4, -0.2) is 0 Å². The van der Waals surface area contributed by atoms with Gasteiger partial charge in [0.25, 0.3) is 0 Å². The molecule has 0 saturated heterocycles. The zero-order chi connectivity index (χ0) is 31.9. The van der Waals surface area contributed by atoms with Crippen molar-refractivity contribution in [1.82, 2.24) is 0 Å². The van der Waals surface area contributed by atoms with Gasteiger partial charge in [0.15, 0.2) is 0 Å². The zero-order valence-corrected chi connectivity index (χ0v) is 28.0. The fourth-order valence-electron chi connectivity index (χ4n) is 6.84. The molecule has 0 radical (unpaired) electrons. The highest BCUT2D eigenvalue weighted by atomic mass is 31.1. The summed E-state index contributed by atoms with van der Waals surface area (Å²) >= 11 is 0. The molecule has 2 N–H and O–H groups in total. The first-order chi connectivity index (χ1) is 23.8. The number of nitrogens with one attached hydrogen (secondary N) is 2. The molecule has 0 aliphatic carbocycles. The van der Waals surface area contributed by atoms with Crippen molar-refractivity contribution in [3.05, 3.63) is 182 Å². The molecule has 48 heavy (non-hydrogen) atoms. The van der Waals surface area contributed by atoms with Crippen molar-refractivity contribution in [3.63, 3.8) is 0 Å². The molecule has 1 aliphatic rings. The maximum atomic E-state index is 4.12. The summed E-state index contributed by atoms with van der Waals surface area (Å²) in [5, 5.41) is 20.9. The normalized spacial score (nSPS) is 15.4. The Morgan fingerprint density at radius 1 is 0.271 bits per heavy atom. The van der Waals surface area contributed by atoms with E-state index in [1.807, 2.05) is 0 Å². The minimum absolute atomic E-state index is 0.953. The van der Waals surface area contributed by atoms with Gasteiger partial charge in [0.05, 0.1) is 0 Å². The van der Waals surface area contributed by atoms with Gasteiger partial charge in [0, 0.05) is 44.0 Å². The first kappa shape index (κ1) is 28.9. The van der Waals surface area contributed by atoms with Crippen LogP contribution in [0.15, 0.2) is 182 Å². The number of hydrogen-bond donors (Lipinski definition) is 2. The maximum absolute atomic E-state index is 4.12. The van der Waals surface area contributed by atoms with E-state index in [-0.39, 0.29) is 0 Å². The van der Waals surface area contributed by atoms with Gasteiger partial charge in [0.1, 0.15) is 0 Å². The summed E-state index contributed by atoms with van der Waals surface area (Å²) in [6, 6.07) is 66.9. The molecule has 2 nitrogen and oxygen atoms in total. The smallest absolute Gasteiger partial charge is 0.0475 e. The maximum Gasteiger partial charge on any atom is 0.0475 e. The molecule has 0 amide bonds. The molecular formula is C44H32N2P2. The third kappa shape index (κ3) is 5.25. The monoisotopic (exact) mass is 650 g/mol. The van der Waals surface area contributed by atoms with Crippen molar-refractivity contribution in [3.8, 4) is 0 Å². The molecule has 0 bridgehead atoms. The lowest BCUT2D eigenvalue weighted by atomic mass is 10.1. The minimum Gasteiger partial charge on any atom is -0.354 e. The number of rotatable bonds is 2. The quantitative estimate of drug-likeness (QED) is 0.182. The van der Waals surface area contributed by atoms with Crippen LogP contribution in [0.25, 0.3) is 21.5 Å². The van der Waals surface area contributed by atoms with Gasteiger partial charge in [-0.15, -0.1) is 0 Å². The summed E-state index contributed by atoms with van der Waals surface area (Å²) in [7, 11) is -1.91. The summed E-state index contributed by atoms with van der Waals surface area (Å²) in [6.45, 7) is 0. The molecule has 0 saturated carbocycles. The molecule has 8 aromatic rings. The van der Waals surface area contributed by atoms with Crippen molar-refractivity contribution in [2.75, 3.05) is 10.6 Å². The van der Waals surface area contributed by atoms with Gasteiger partial charge in [-0.3, -0.25) is 0 Å². The van der Waals surface area contributed by atoms with Crippen LogP contribution in [0.1, 0.15) is 0 Å². The molecule has 4 heteroatoms. The minimum atomic E-state index is -0.953. The zero-order valence-electron chi connectivity index (χ0n) is 26.2. The Bertz CT molecular complexity index is 2250. The summed E-state index contributed by atoms with van der Waals surface area (Å²) in [5.74, 6) is 0. The van der Waals surface area contributed by atoms with Gasteiger partial charge < -0.3 is 10.6 Å². The van der Waals surface area contributed by atoms with E-state index in [2.05, 4.69) is 193 Å². The lowest BCUT2D eigenvalue weighted by Gasteiger charge is -2.30. The molecule has 0 fully saturated rings. The van der Waals surface area contributed by atoms with Crippen LogP contribution < -0.4 is 42.5 Å². The summed E-state index contributed by atoms with van der Waals surface area (Å²) in [4.78, 5) is 0. The van der Waals surface area contributed by atoms with E-state index < -0.39 is 15.8 Å². The van der Waals surface area contributed by atoms with Crippen molar-refractivity contribution in [1.29, 1.82) is 0 Å². The van der Waals surface area contributed by atoms with E-state index in [9.17, 15) is 0 Å². The molecule has 2 atom stereocenters. The van der Waals surface area contributed by atoms with Gasteiger partial charge in [-0.1, -0.05) is 146 Å². The van der Waals surface area contributed by atoms with Crippen molar-refractivity contribution < 1.29 is 0 Å². The molecule has 2 unspecified atom stereocenters. The average Bonchev–Trinajstić information content (AvgIpc) is 3.14. The fraction of sp³-hybridized carbons (Fsp3) is 0. The van der Waals surface area contributed by atoms with E-state index in [4.69, 9.17) is 0 Å². The van der Waals surface area contributed by atoms with Gasteiger partial charge in [-0.2, -0.15) is 0 Å². The van der Waals surface area contributed by atoms with Gasteiger partial charge >= 0.3 is 0 Å². The fourth-order valence-corrected chi connectivity index (χ4v) is 11.9. The Balaban J connectivity index is 1.41. The van der Waals surface area contributed by atoms with E-state index in [0.717, 1.165) is 22.7 Å². The van der Waals surface area contributed by atoms with Crippen molar-refractivity contribution >= 4 is 92.0 Å². The second-order valence-corrected chi connectivity index (χ2v) is 16.4. The molecule has 228 valence electrons. The van der Waals surface area contributed by atoms with Crippen molar-refractivity contribution in [2.45, 2.75) is 0 Å². The summed E-state index contributed by atoms with van der Waals surface area (Å²) in [6.07, 6.45) is 0. The summed E-state index contributed by atoms with van der Waals surface area (Å²) in [5.41, 5.74) is 4.57. The Labute approximate surface area is 283 Å². The number of benzene rings is 8. The predicted molar refractivity (Wildman–Crippen MR) is 212 cm³/mol. The Hall–Kier alpha value is -5.26. The first-order valence-electron chi connectivity index (χ1n) is 16.3. The number of fused-ring (bicyclic) bond motifs is 6. The standard InChI is InChI=1S/C44H32N2P2/c1-3-19-35(20-4-1)47-41-25-13-11-23-37(41)45-38-24-12-14-26-42(38)48(36-21-5-2-6-22-36)44-30-34-18-10-8-16-32(34)28-40(44)46-39-27-31-15-7-9-17-33(31)29-43(39)47/h1-30,45-46H. The third-order valence-corrected chi connectivity index (χ3v) is 14.1. The van der Waals surface area contributed by atoms with E-state index in [1.165, 1.54) is 53.4 Å². The highest BCUT2D eigenvalue weighted by molar-refractivity contribution is 7.81. The van der Waals surface area contributed by atoms with Crippen LogP contribution in [0.5, 0.6) is 0 Å². The van der Waals surface area contributed by atoms with E-state index in [1.54, 1.807) is 0 Å². The lowest BCUT2D eigenvalue weighted by molar-refractivity contribution is 1.59. The second-order valence-electron chi connectivity index (χ2n) is 12.1. The van der Waals surface area contributed by atoms with E-state index in [0.29, 0.717) is 0 Å². The third-order valence-electron chi connectivity index (χ3n) is 9.07. The van der Waals surface area contributed by atoms with Gasteiger partial charge in [0.2, 0.25) is 0 Å². The topological polar surface area (TPSA) is 24.1 Å². The van der Waals surface area contributed by atoms with Gasteiger partial charge in [-0.05, 0) is 84.4 Å². The van der Waals surface area contributed by atoms with E-state index >= 15 is 0 Å². The SMILES string of the molecule is c1ccc(P2c3ccccc3Nc3ccccc3P(c3ccccc3)c3cc4ccccc4cc3Nc3cc4ccccc4cc32)cc1. The number of anilines is 4. The Kier molecular flexibility index (Phi) is 7.47. The van der Waals surface area contributed by atoms with Crippen LogP contribution in [-0.2, 0) is 0 Å². The average molecular weight is 651 g/mol. The van der Waals surface area contributed by atoms with Crippen LogP contribution >= 0.6 is 15.8 Å². The molecule has 0 aromatic heterocycles.